The summed E-state index contributed by atoms with van der Waals surface area (Å²) in [6.07, 6.45) is 5.25. The summed E-state index contributed by atoms with van der Waals surface area (Å²) in [5.41, 5.74) is 5.32. The van der Waals surface area contributed by atoms with Gasteiger partial charge in [-0.05, 0) is 50.5 Å². The molecule has 1 aromatic carbocycles. The maximum absolute atomic E-state index is 3.83. The maximum atomic E-state index is 3.83. The van der Waals surface area contributed by atoms with E-state index in [1.807, 2.05) is 11.8 Å². The molecule has 0 spiro atoms. The molecule has 1 fully saturated rings. The third-order valence-electron chi connectivity index (χ3n) is 4.46. The van der Waals surface area contributed by atoms with Crippen molar-refractivity contribution in [3.63, 3.8) is 0 Å². The fourth-order valence-electron chi connectivity index (χ4n) is 3.33. The van der Waals surface area contributed by atoms with Crippen LogP contribution >= 0.6 is 11.8 Å². The normalized spacial score (nSPS) is 32.0. The second kappa shape index (κ2) is 5.86. The van der Waals surface area contributed by atoms with Crippen LogP contribution in [0.25, 0.3) is 0 Å². The van der Waals surface area contributed by atoms with Crippen molar-refractivity contribution in [3.8, 4) is 0 Å². The van der Waals surface area contributed by atoms with Gasteiger partial charge < -0.3 is 0 Å². The SMILES string of the molecule is CC1CCCC(C)N1NC1CCSc2ccccc21. The third kappa shape index (κ3) is 2.83. The van der Waals surface area contributed by atoms with E-state index >= 15 is 0 Å². The van der Waals surface area contributed by atoms with Crippen LogP contribution in [0.3, 0.4) is 0 Å². The molecule has 0 aromatic heterocycles. The van der Waals surface area contributed by atoms with E-state index in [0.717, 1.165) is 0 Å². The summed E-state index contributed by atoms with van der Waals surface area (Å²) in [5, 5.41) is 2.51. The summed E-state index contributed by atoms with van der Waals surface area (Å²) in [4.78, 5) is 1.46. The predicted molar refractivity (Wildman–Crippen MR) is 82.3 cm³/mol. The first-order chi connectivity index (χ1) is 9.25. The first-order valence-corrected chi connectivity index (χ1v) is 8.50. The van der Waals surface area contributed by atoms with Gasteiger partial charge in [0, 0.05) is 23.0 Å². The van der Waals surface area contributed by atoms with E-state index in [1.54, 1.807) is 0 Å². The Kier molecular flexibility index (Phi) is 4.15. The van der Waals surface area contributed by atoms with Crippen LogP contribution in [0.2, 0.25) is 0 Å². The molecule has 0 bridgehead atoms. The minimum atomic E-state index is 0.500. The van der Waals surface area contributed by atoms with Crippen LogP contribution in [0.5, 0.6) is 0 Å². The maximum Gasteiger partial charge on any atom is 0.0484 e. The number of nitrogens with one attached hydrogen (secondary N) is 1. The van der Waals surface area contributed by atoms with Gasteiger partial charge in [-0.2, -0.15) is 0 Å². The van der Waals surface area contributed by atoms with Gasteiger partial charge in [-0.3, -0.25) is 0 Å². The van der Waals surface area contributed by atoms with Crippen LogP contribution in [-0.4, -0.2) is 22.8 Å². The van der Waals surface area contributed by atoms with Gasteiger partial charge in [-0.1, -0.05) is 24.6 Å². The largest absolute Gasteiger partial charge is 0.247 e. The molecule has 2 nitrogen and oxygen atoms in total. The summed E-state index contributed by atoms with van der Waals surface area (Å²) in [6.45, 7) is 4.71. The van der Waals surface area contributed by atoms with E-state index in [0.29, 0.717) is 18.1 Å². The molecule has 3 unspecified atom stereocenters. The predicted octanol–water partition coefficient (Wildman–Crippen LogP) is 3.99. The molecule has 3 heteroatoms. The lowest BCUT2D eigenvalue weighted by Gasteiger charge is -2.42. The zero-order valence-corrected chi connectivity index (χ0v) is 12.7. The lowest BCUT2D eigenvalue weighted by atomic mass is 9.99. The Morgan fingerprint density at radius 1 is 1.11 bits per heavy atom. The van der Waals surface area contributed by atoms with Crippen molar-refractivity contribution in [3.05, 3.63) is 29.8 Å². The molecular formula is C16H24N2S. The summed E-state index contributed by atoms with van der Waals surface area (Å²) < 4.78 is 0. The lowest BCUT2D eigenvalue weighted by molar-refractivity contribution is 0.0278. The van der Waals surface area contributed by atoms with Gasteiger partial charge in [0.25, 0.3) is 0 Å². The standard InChI is InChI=1S/C16H24N2S/c1-12-6-5-7-13(2)18(12)17-15-10-11-19-16-9-4-3-8-14(15)16/h3-4,8-9,12-13,15,17H,5-7,10-11H2,1-2H3. The van der Waals surface area contributed by atoms with E-state index in [-0.39, 0.29) is 0 Å². The van der Waals surface area contributed by atoms with E-state index < -0.39 is 0 Å². The molecule has 104 valence electrons. The van der Waals surface area contributed by atoms with E-state index in [1.165, 1.54) is 41.9 Å². The number of rotatable bonds is 2. The smallest absolute Gasteiger partial charge is 0.0484 e. The number of hydrazine groups is 1. The monoisotopic (exact) mass is 276 g/mol. The molecule has 0 aliphatic carbocycles. The van der Waals surface area contributed by atoms with Crippen molar-refractivity contribution >= 4 is 11.8 Å². The van der Waals surface area contributed by atoms with Gasteiger partial charge in [0.1, 0.15) is 0 Å². The second-order valence-electron chi connectivity index (χ2n) is 5.89. The van der Waals surface area contributed by atoms with Crippen molar-refractivity contribution in [1.82, 2.24) is 10.4 Å². The van der Waals surface area contributed by atoms with Crippen molar-refractivity contribution in [2.75, 3.05) is 5.75 Å². The van der Waals surface area contributed by atoms with Crippen molar-refractivity contribution in [2.45, 2.75) is 62.6 Å². The molecule has 1 aromatic rings. The molecule has 0 saturated carbocycles. The highest BCUT2D eigenvalue weighted by atomic mass is 32.2. The molecule has 2 aliphatic rings. The summed E-state index contributed by atoms with van der Waals surface area (Å²) in [7, 11) is 0. The van der Waals surface area contributed by atoms with Crippen LogP contribution in [0.4, 0.5) is 0 Å². The van der Waals surface area contributed by atoms with E-state index in [4.69, 9.17) is 0 Å². The Morgan fingerprint density at radius 3 is 2.63 bits per heavy atom. The number of hydrogen-bond donors (Lipinski definition) is 1. The molecule has 2 heterocycles. The Balaban J connectivity index is 1.77. The molecule has 1 saturated heterocycles. The molecule has 0 radical (unpaired) electrons. The average molecular weight is 276 g/mol. The Labute approximate surface area is 120 Å². The van der Waals surface area contributed by atoms with Crippen molar-refractivity contribution in [2.24, 2.45) is 0 Å². The molecule has 3 rings (SSSR count). The van der Waals surface area contributed by atoms with E-state index in [9.17, 15) is 0 Å². The Bertz CT molecular complexity index is 425. The Hall–Kier alpha value is -0.510. The molecular weight excluding hydrogens is 252 g/mol. The third-order valence-corrected chi connectivity index (χ3v) is 5.58. The summed E-state index contributed by atoms with van der Waals surface area (Å²) in [5.74, 6) is 1.23. The number of nitrogens with zero attached hydrogens (tertiary/aromatic N) is 1. The second-order valence-corrected chi connectivity index (χ2v) is 7.03. The zero-order chi connectivity index (χ0) is 13.2. The van der Waals surface area contributed by atoms with Gasteiger partial charge >= 0.3 is 0 Å². The van der Waals surface area contributed by atoms with Gasteiger partial charge in [0.05, 0.1) is 0 Å². The van der Waals surface area contributed by atoms with Gasteiger partial charge in [-0.15, -0.1) is 11.8 Å². The first-order valence-electron chi connectivity index (χ1n) is 7.52. The van der Waals surface area contributed by atoms with Crippen LogP contribution in [0.1, 0.15) is 51.1 Å². The molecule has 2 aliphatic heterocycles. The zero-order valence-electron chi connectivity index (χ0n) is 11.9. The van der Waals surface area contributed by atoms with E-state index in [2.05, 4.69) is 48.5 Å². The Morgan fingerprint density at radius 2 is 1.84 bits per heavy atom. The summed E-state index contributed by atoms with van der Waals surface area (Å²) in [6, 6.07) is 10.7. The average Bonchev–Trinajstić information content (AvgIpc) is 2.43. The topological polar surface area (TPSA) is 15.3 Å². The quantitative estimate of drug-likeness (QED) is 0.879. The van der Waals surface area contributed by atoms with Crippen molar-refractivity contribution < 1.29 is 0 Å². The highest BCUT2D eigenvalue weighted by molar-refractivity contribution is 7.99. The molecule has 19 heavy (non-hydrogen) atoms. The summed E-state index contributed by atoms with van der Waals surface area (Å²) >= 11 is 2.00. The number of hydrogen-bond acceptors (Lipinski definition) is 3. The highest BCUT2D eigenvalue weighted by Crippen LogP contribution is 2.36. The van der Waals surface area contributed by atoms with Crippen LogP contribution in [-0.2, 0) is 0 Å². The number of fused-ring (bicyclic) bond motifs is 1. The molecule has 1 N–H and O–H groups in total. The number of thioether (sulfide) groups is 1. The van der Waals surface area contributed by atoms with Crippen LogP contribution in [0.15, 0.2) is 29.2 Å². The lowest BCUT2D eigenvalue weighted by Crippen LogP contribution is -2.53. The molecule has 3 atom stereocenters. The highest BCUT2D eigenvalue weighted by Gasteiger charge is 2.29. The van der Waals surface area contributed by atoms with Gasteiger partial charge in [0.2, 0.25) is 0 Å². The van der Waals surface area contributed by atoms with Gasteiger partial charge in [-0.25, -0.2) is 10.4 Å². The van der Waals surface area contributed by atoms with Crippen LogP contribution < -0.4 is 5.43 Å². The van der Waals surface area contributed by atoms with Crippen LogP contribution in [0, 0.1) is 0 Å². The fraction of sp³-hybridized carbons (Fsp3) is 0.625. The number of piperidine rings is 1. The fourth-order valence-corrected chi connectivity index (χ4v) is 4.46. The molecule has 0 amide bonds. The minimum Gasteiger partial charge on any atom is -0.247 e. The minimum absolute atomic E-state index is 0.500. The van der Waals surface area contributed by atoms with Crippen molar-refractivity contribution in [1.29, 1.82) is 0 Å². The number of benzene rings is 1. The first kappa shape index (κ1) is 13.5. The van der Waals surface area contributed by atoms with Gasteiger partial charge in [0.15, 0.2) is 0 Å².